The van der Waals surface area contributed by atoms with Gasteiger partial charge in [-0.1, -0.05) is 6.92 Å². The number of rotatable bonds is 4. The minimum absolute atomic E-state index is 0.0113. The number of carboxylic acid groups (broad SMARTS) is 1. The van der Waals surface area contributed by atoms with Gasteiger partial charge in [0.25, 0.3) is 0 Å². The van der Waals surface area contributed by atoms with Gasteiger partial charge in [-0.3, -0.25) is 9.59 Å². The SMILES string of the molecule is CC1CC(C(=O)O)C(C(=O)N2CCC(CCO)C2)C1. The van der Waals surface area contributed by atoms with Crippen molar-refractivity contribution in [1.82, 2.24) is 4.90 Å². The Bertz CT molecular complexity index is 357. The monoisotopic (exact) mass is 269 g/mol. The van der Waals surface area contributed by atoms with Crippen molar-refractivity contribution in [3.05, 3.63) is 0 Å². The third-order valence-corrected chi connectivity index (χ3v) is 4.57. The van der Waals surface area contributed by atoms with Crippen LogP contribution in [0.5, 0.6) is 0 Å². The number of aliphatic hydroxyl groups excluding tert-OH is 1. The van der Waals surface area contributed by atoms with Gasteiger partial charge in [0.15, 0.2) is 0 Å². The molecule has 19 heavy (non-hydrogen) atoms. The molecule has 1 amide bonds. The number of carbonyl (C=O) groups excluding carboxylic acids is 1. The lowest BCUT2D eigenvalue weighted by molar-refractivity contribution is -0.148. The third kappa shape index (κ3) is 3.08. The molecule has 1 saturated heterocycles. The highest BCUT2D eigenvalue weighted by molar-refractivity contribution is 5.85. The lowest BCUT2D eigenvalue weighted by atomic mass is 9.95. The van der Waals surface area contributed by atoms with Crippen LogP contribution in [-0.4, -0.2) is 46.7 Å². The van der Waals surface area contributed by atoms with Crippen molar-refractivity contribution in [2.24, 2.45) is 23.7 Å². The number of aliphatic carboxylic acids is 1. The van der Waals surface area contributed by atoms with Crippen LogP contribution in [0.3, 0.4) is 0 Å². The Morgan fingerprint density at radius 1 is 1.26 bits per heavy atom. The number of carbonyl (C=O) groups is 2. The lowest BCUT2D eigenvalue weighted by Crippen LogP contribution is -2.38. The van der Waals surface area contributed by atoms with E-state index in [4.69, 9.17) is 5.11 Å². The van der Waals surface area contributed by atoms with Crippen LogP contribution in [0.4, 0.5) is 0 Å². The number of hydrogen-bond donors (Lipinski definition) is 2. The van der Waals surface area contributed by atoms with Gasteiger partial charge in [0.1, 0.15) is 0 Å². The summed E-state index contributed by atoms with van der Waals surface area (Å²) < 4.78 is 0. The first-order chi connectivity index (χ1) is 9.02. The highest BCUT2D eigenvalue weighted by Gasteiger charge is 2.43. The van der Waals surface area contributed by atoms with Gasteiger partial charge in [-0.2, -0.15) is 0 Å². The highest BCUT2D eigenvalue weighted by Crippen LogP contribution is 2.38. The van der Waals surface area contributed by atoms with Crippen molar-refractivity contribution in [2.75, 3.05) is 19.7 Å². The van der Waals surface area contributed by atoms with Crippen molar-refractivity contribution < 1.29 is 19.8 Å². The highest BCUT2D eigenvalue weighted by atomic mass is 16.4. The van der Waals surface area contributed by atoms with Gasteiger partial charge in [0.2, 0.25) is 5.91 Å². The molecule has 1 saturated carbocycles. The van der Waals surface area contributed by atoms with Gasteiger partial charge in [-0.25, -0.2) is 0 Å². The summed E-state index contributed by atoms with van der Waals surface area (Å²) in [5.41, 5.74) is 0. The standard InChI is InChI=1S/C14H23NO4/c1-9-6-11(12(7-9)14(18)19)13(17)15-4-2-10(8-15)3-5-16/h9-12,16H,2-8H2,1H3,(H,18,19). The fourth-order valence-corrected chi connectivity index (χ4v) is 3.52. The van der Waals surface area contributed by atoms with E-state index in [9.17, 15) is 14.7 Å². The second-order valence-corrected chi connectivity index (χ2v) is 6.08. The van der Waals surface area contributed by atoms with Crippen LogP contribution < -0.4 is 0 Å². The van der Waals surface area contributed by atoms with E-state index in [2.05, 4.69) is 0 Å². The molecule has 4 unspecified atom stereocenters. The molecule has 2 aliphatic rings. The van der Waals surface area contributed by atoms with E-state index >= 15 is 0 Å². The minimum Gasteiger partial charge on any atom is -0.481 e. The molecule has 0 bridgehead atoms. The quantitative estimate of drug-likeness (QED) is 0.797. The zero-order valence-electron chi connectivity index (χ0n) is 11.4. The van der Waals surface area contributed by atoms with E-state index in [1.807, 2.05) is 6.92 Å². The number of aliphatic hydroxyl groups is 1. The molecule has 2 N–H and O–H groups in total. The van der Waals surface area contributed by atoms with Crippen LogP contribution in [0.25, 0.3) is 0 Å². The summed E-state index contributed by atoms with van der Waals surface area (Å²) in [7, 11) is 0. The maximum atomic E-state index is 12.5. The molecule has 0 aromatic rings. The molecule has 1 aliphatic heterocycles. The zero-order valence-corrected chi connectivity index (χ0v) is 11.4. The number of hydrogen-bond acceptors (Lipinski definition) is 3. The molecule has 0 radical (unpaired) electrons. The first-order valence-electron chi connectivity index (χ1n) is 7.15. The van der Waals surface area contributed by atoms with Gasteiger partial charge in [-0.05, 0) is 37.5 Å². The number of amides is 1. The average molecular weight is 269 g/mol. The van der Waals surface area contributed by atoms with Crippen molar-refractivity contribution >= 4 is 11.9 Å². The zero-order chi connectivity index (χ0) is 14.0. The summed E-state index contributed by atoms with van der Waals surface area (Å²) in [6, 6.07) is 0. The summed E-state index contributed by atoms with van der Waals surface area (Å²) in [6.07, 6.45) is 2.95. The maximum Gasteiger partial charge on any atom is 0.307 e. The second-order valence-electron chi connectivity index (χ2n) is 6.08. The minimum atomic E-state index is -0.839. The molecule has 0 aromatic carbocycles. The van der Waals surface area contributed by atoms with Crippen molar-refractivity contribution in [1.29, 1.82) is 0 Å². The Balaban J connectivity index is 1.97. The molecule has 108 valence electrons. The van der Waals surface area contributed by atoms with Crippen molar-refractivity contribution in [3.63, 3.8) is 0 Å². The smallest absolute Gasteiger partial charge is 0.307 e. The predicted molar refractivity (Wildman–Crippen MR) is 69.4 cm³/mol. The van der Waals surface area contributed by atoms with Crippen LogP contribution in [0.15, 0.2) is 0 Å². The summed E-state index contributed by atoms with van der Waals surface area (Å²) in [4.78, 5) is 25.5. The normalized spacial score (nSPS) is 34.7. The molecule has 5 nitrogen and oxygen atoms in total. The Kier molecular flexibility index (Phi) is 4.45. The molecule has 1 heterocycles. The van der Waals surface area contributed by atoms with Gasteiger partial charge >= 0.3 is 5.97 Å². The Labute approximate surface area is 113 Å². The van der Waals surface area contributed by atoms with E-state index in [0.717, 1.165) is 12.8 Å². The second kappa shape index (κ2) is 5.90. The lowest BCUT2D eigenvalue weighted by Gasteiger charge is -2.23. The third-order valence-electron chi connectivity index (χ3n) is 4.57. The Morgan fingerprint density at radius 3 is 2.58 bits per heavy atom. The van der Waals surface area contributed by atoms with E-state index in [-0.39, 0.29) is 18.4 Å². The van der Waals surface area contributed by atoms with Crippen molar-refractivity contribution in [2.45, 2.75) is 32.6 Å². The molecule has 4 atom stereocenters. The first kappa shape index (κ1) is 14.3. The summed E-state index contributed by atoms with van der Waals surface area (Å²) in [6.45, 7) is 3.56. The van der Waals surface area contributed by atoms with Gasteiger partial charge in [0.05, 0.1) is 11.8 Å². The number of nitrogens with zero attached hydrogens (tertiary/aromatic N) is 1. The van der Waals surface area contributed by atoms with Crippen LogP contribution in [-0.2, 0) is 9.59 Å². The van der Waals surface area contributed by atoms with Crippen LogP contribution >= 0.6 is 0 Å². The molecule has 5 heteroatoms. The van der Waals surface area contributed by atoms with Gasteiger partial charge in [-0.15, -0.1) is 0 Å². The summed E-state index contributed by atoms with van der Waals surface area (Å²) >= 11 is 0. The fraction of sp³-hybridized carbons (Fsp3) is 0.857. The number of likely N-dealkylation sites (tertiary alicyclic amines) is 1. The van der Waals surface area contributed by atoms with Crippen LogP contribution in [0, 0.1) is 23.7 Å². The molecule has 2 fully saturated rings. The van der Waals surface area contributed by atoms with Crippen LogP contribution in [0.1, 0.15) is 32.6 Å². The number of carboxylic acids is 1. The molecule has 1 aliphatic carbocycles. The van der Waals surface area contributed by atoms with E-state index in [0.29, 0.717) is 37.8 Å². The summed E-state index contributed by atoms with van der Waals surface area (Å²) in [5, 5.41) is 18.2. The molecule has 2 rings (SSSR count). The van der Waals surface area contributed by atoms with Crippen LogP contribution in [0.2, 0.25) is 0 Å². The van der Waals surface area contributed by atoms with E-state index in [1.165, 1.54) is 0 Å². The first-order valence-corrected chi connectivity index (χ1v) is 7.15. The molecule has 0 spiro atoms. The Morgan fingerprint density at radius 2 is 1.95 bits per heavy atom. The van der Waals surface area contributed by atoms with Gasteiger partial charge < -0.3 is 15.1 Å². The topological polar surface area (TPSA) is 77.8 Å². The average Bonchev–Trinajstić information content (AvgIpc) is 2.95. The van der Waals surface area contributed by atoms with Crippen molar-refractivity contribution in [3.8, 4) is 0 Å². The van der Waals surface area contributed by atoms with E-state index < -0.39 is 11.9 Å². The molecular weight excluding hydrogens is 246 g/mol. The largest absolute Gasteiger partial charge is 0.481 e. The maximum absolute atomic E-state index is 12.5. The van der Waals surface area contributed by atoms with E-state index in [1.54, 1.807) is 4.90 Å². The summed E-state index contributed by atoms with van der Waals surface area (Å²) in [5.74, 6) is -1.01. The predicted octanol–water partition coefficient (Wildman–Crippen LogP) is 0.964. The molecular formula is C14H23NO4. The molecule has 0 aromatic heterocycles. The fourth-order valence-electron chi connectivity index (χ4n) is 3.52. The Hall–Kier alpha value is -1.10. The van der Waals surface area contributed by atoms with Gasteiger partial charge in [0, 0.05) is 19.7 Å².